The Morgan fingerprint density at radius 1 is 1.10 bits per heavy atom. The van der Waals surface area contributed by atoms with Crippen LogP contribution >= 0.6 is 0 Å². The molecule has 0 fully saturated rings. The van der Waals surface area contributed by atoms with Crippen molar-refractivity contribution >= 4 is 11.9 Å². The number of nitrogens with one attached hydrogen (secondary N) is 1. The normalized spacial score (nSPS) is 21.0. The van der Waals surface area contributed by atoms with E-state index in [9.17, 15) is 4.79 Å². The van der Waals surface area contributed by atoms with Crippen LogP contribution in [0.1, 0.15) is 16.7 Å². The SMILES string of the molecule is Cc1ccc(C2(Cc3ccccc3)N=C(N)NC2=O)cc1. The number of hydrogen-bond acceptors (Lipinski definition) is 3. The van der Waals surface area contributed by atoms with Gasteiger partial charge in [-0.2, -0.15) is 0 Å². The maximum absolute atomic E-state index is 12.5. The zero-order valence-electron chi connectivity index (χ0n) is 11.8. The fourth-order valence-corrected chi connectivity index (χ4v) is 2.64. The summed E-state index contributed by atoms with van der Waals surface area (Å²) in [7, 11) is 0. The van der Waals surface area contributed by atoms with Crippen molar-refractivity contribution in [2.75, 3.05) is 0 Å². The fraction of sp³-hybridized carbons (Fsp3) is 0.176. The molecule has 0 radical (unpaired) electrons. The minimum absolute atomic E-state index is 0.173. The Labute approximate surface area is 123 Å². The maximum atomic E-state index is 12.5. The van der Waals surface area contributed by atoms with Crippen molar-refractivity contribution in [3.8, 4) is 0 Å². The van der Waals surface area contributed by atoms with E-state index in [0.29, 0.717) is 6.42 Å². The Morgan fingerprint density at radius 3 is 2.33 bits per heavy atom. The standard InChI is InChI=1S/C17H17N3O/c1-12-7-9-14(10-8-12)17(15(21)19-16(18)20-17)11-13-5-3-2-4-6-13/h2-10H,11H2,1H3,(H3,18,19,20,21). The first kappa shape index (κ1) is 13.4. The molecule has 2 aromatic carbocycles. The first-order chi connectivity index (χ1) is 10.1. The third kappa shape index (κ3) is 2.40. The molecule has 21 heavy (non-hydrogen) atoms. The number of carbonyl (C=O) groups excluding carboxylic acids is 1. The molecule has 3 N–H and O–H groups in total. The zero-order valence-corrected chi connectivity index (χ0v) is 11.8. The van der Waals surface area contributed by atoms with Crippen LogP contribution < -0.4 is 11.1 Å². The number of benzene rings is 2. The van der Waals surface area contributed by atoms with Crippen molar-refractivity contribution in [1.29, 1.82) is 0 Å². The van der Waals surface area contributed by atoms with Gasteiger partial charge in [0.25, 0.3) is 5.91 Å². The van der Waals surface area contributed by atoms with Gasteiger partial charge in [-0.1, -0.05) is 60.2 Å². The molecule has 4 nitrogen and oxygen atoms in total. The summed E-state index contributed by atoms with van der Waals surface area (Å²) in [5, 5.41) is 2.63. The van der Waals surface area contributed by atoms with E-state index in [1.807, 2.05) is 61.5 Å². The molecule has 0 spiro atoms. The van der Waals surface area contributed by atoms with Crippen LogP contribution in [0.3, 0.4) is 0 Å². The summed E-state index contributed by atoms with van der Waals surface area (Å²) in [5.41, 5.74) is 7.81. The van der Waals surface area contributed by atoms with E-state index in [1.54, 1.807) is 0 Å². The highest BCUT2D eigenvalue weighted by atomic mass is 16.2. The average Bonchev–Trinajstić information content (AvgIpc) is 2.76. The lowest BCUT2D eigenvalue weighted by molar-refractivity contribution is -0.124. The van der Waals surface area contributed by atoms with Crippen LogP contribution in [0.25, 0.3) is 0 Å². The van der Waals surface area contributed by atoms with Gasteiger partial charge >= 0.3 is 0 Å². The van der Waals surface area contributed by atoms with Crippen molar-refractivity contribution in [1.82, 2.24) is 5.32 Å². The molecule has 0 aliphatic carbocycles. The number of rotatable bonds is 3. The quantitative estimate of drug-likeness (QED) is 0.900. The summed E-state index contributed by atoms with van der Waals surface area (Å²) in [6, 6.07) is 17.7. The third-order valence-corrected chi connectivity index (χ3v) is 3.76. The van der Waals surface area contributed by atoms with Crippen molar-refractivity contribution in [2.24, 2.45) is 10.7 Å². The number of aryl methyl sites for hydroxylation is 1. The second-order valence-electron chi connectivity index (χ2n) is 5.34. The number of hydrogen-bond donors (Lipinski definition) is 2. The number of nitrogens with two attached hydrogens (primary N) is 1. The van der Waals surface area contributed by atoms with Crippen molar-refractivity contribution in [3.05, 3.63) is 71.3 Å². The topological polar surface area (TPSA) is 67.5 Å². The molecule has 3 rings (SSSR count). The average molecular weight is 279 g/mol. The van der Waals surface area contributed by atoms with Crippen LogP contribution in [-0.2, 0) is 16.8 Å². The van der Waals surface area contributed by atoms with Crippen LogP contribution in [0.2, 0.25) is 0 Å². The monoisotopic (exact) mass is 279 g/mol. The highest BCUT2D eigenvalue weighted by Gasteiger charge is 2.44. The van der Waals surface area contributed by atoms with E-state index < -0.39 is 5.54 Å². The van der Waals surface area contributed by atoms with Gasteiger partial charge in [0, 0.05) is 6.42 Å². The van der Waals surface area contributed by atoms with E-state index in [1.165, 1.54) is 0 Å². The maximum Gasteiger partial charge on any atom is 0.259 e. The molecule has 1 heterocycles. The summed E-state index contributed by atoms with van der Waals surface area (Å²) in [6.07, 6.45) is 0.490. The second-order valence-corrected chi connectivity index (χ2v) is 5.34. The molecular weight excluding hydrogens is 262 g/mol. The minimum atomic E-state index is -0.973. The summed E-state index contributed by atoms with van der Waals surface area (Å²) >= 11 is 0. The van der Waals surface area contributed by atoms with Gasteiger partial charge in [-0.05, 0) is 18.1 Å². The van der Waals surface area contributed by atoms with Crippen molar-refractivity contribution < 1.29 is 4.79 Å². The molecule has 4 heteroatoms. The summed E-state index contributed by atoms with van der Waals surface area (Å²) in [5.74, 6) is 0.00390. The first-order valence-corrected chi connectivity index (χ1v) is 6.88. The van der Waals surface area contributed by atoms with Gasteiger partial charge in [0.2, 0.25) is 0 Å². The lowest BCUT2D eigenvalue weighted by atomic mass is 9.84. The van der Waals surface area contributed by atoms with Gasteiger partial charge in [0.1, 0.15) is 0 Å². The minimum Gasteiger partial charge on any atom is -0.370 e. The van der Waals surface area contributed by atoms with E-state index in [2.05, 4.69) is 10.3 Å². The molecule has 0 aromatic heterocycles. The lowest BCUT2D eigenvalue weighted by Crippen LogP contribution is -2.40. The van der Waals surface area contributed by atoms with Crippen LogP contribution in [0.15, 0.2) is 59.6 Å². The molecule has 1 unspecified atom stereocenters. The summed E-state index contributed by atoms with van der Waals surface area (Å²) in [4.78, 5) is 16.9. The number of aliphatic imine (C=N–C) groups is 1. The summed E-state index contributed by atoms with van der Waals surface area (Å²) in [6.45, 7) is 2.01. The van der Waals surface area contributed by atoms with Crippen LogP contribution in [0.5, 0.6) is 0 Å². The van der Waals surface area contributed by atoms with Gasteiger partial charge in [0.05, 0.1) is 0 Å². The Bertz CT molecular complexity index is 692. The molecule has 0 bridgehead atoms. The molecule has 2 aromatic rings. The zero-order chi connectivity index (χ0) is 14.9. The van der Waals surface area contributed by atoms with Crippen molar-refractivity contribution in [3.63, 3.8) is 0 Å². The van der Waals surface area contributed by atoms with Gasteiger partial charge in [-0.15, -0.1) is 0 Å². The number of guanidine groups is 1. The number of amides is 1. The van der Waals surface area contributed by atoms with Gasteiger partial charge in [-0.25, -0.2) is 4.99 Å². The van der Waals surface area contributed by atoms with Crippen molar-refractivity contribution in [2.45, 2.75) is 18.9 Å². The molecule has 0 saturated heterocycles. The predicted molar refractivity (Wildman–Crippen MR) is 82.8 cm³/mol. The van der Waals surface area contributed by atoms with Gasteiger partial charge < -0.3 is 5.73 Å². The summed E-state index contributed by atoms with van der Waals surface area (Å²) < 4.78 is 0. The molecule has 1 atom stereocenters. The molecular formula is C17H17N3O. The number of nitrogens with zero attached hydrogens (tertiary/aromatic N) is 1. The molecule has 1 aliphatic rings. The Kier molecular flexibility index (Phi) is 3.22. The van der Waals surface area contributed by atoms with Crippen LogP contribution in [0, 0.1) is 6.92 Å². The molecule has 0 saturated carbocycles. The molecule has 106 valence electrons. The van der Waals surface area contributed by atoms with E-state index >= 15 is 0 Å². The molecule has 1 amide bonds. The Balaban J connectivity index is 2.08. The lowest BCUT2D eigenvalue weighted by Gasteiger charge is -2.24. The highest BCUT2D eigenvalue weighted by Crippen LogP contribution is 2.33. The second kappa shape index (κ2) is 5.05. The fourth-order valence-electron chi connectivity index (χ4n) is 2.64. The smallest absolute Gasteiger partial charge is 0.259 e. The van der Waals surface area contributed by atoms with Crippen LogP contribution in [0.4, 0.5) is 0 Å². The van der Waals surface area contributed by atoms with Gasteiger partial charge in [0.15, 0.2) is 11.5 Å². The van der Waals surface area contributed by atoms with E-state index in [0.717, 1.165) is 16.7 Å². The highest BCUT2D eigenvalue weighted by molar-refractivity contribution is 6.07. The van der Waals surface area contributed by atoms with Gasteiger partial charge in [-0.3, -0.25) is 10.1 Å². The largest absolute Gasteiger partial charge is 0.370 e. The number of carbonyl (C=O) groups is 1. The van der Waals surface area contributed by atoms with E-state index in [4.69, 9.17) is 5.73 Å². The first-order valence-electron chi connectivity index (χ1n) is 6.88. The molecule has 1 aliphatic heterocycles. The Morgan fingerprint density at radius 2 is 1.76 bits per heavy atom. The predicted octanol–water partition coefficient (Wildman–Crippen LogP) is 1.88. The third-order valence-electron chi connectivity index (χ3n) is 3.76. The Hall–Kier alpha value is -2.62. The van der Waals surface area contributed by atoms with E-state index in [-0.39, 0.29) is 11.9 Å². The van der Waals surface area contributed by atoms with Crippen LogP contribution in [-0.4, -0.2) is 11.9 Å².